The number of aromatic nitrogens is 2. The second-order valence-corrected chi connectivity index (χ2v) is 3.75. The summed E-state index contributed by atoms with van der Waals surface area (Å²) in [4.78, 5) is 8.09. The second-order valence-electron chi connectivity index (χ2n) is 3.75. The largest absolute Gasteiger partial charge is 0.383 e. The SMILES string of the molecule is CCNc1ncnc(N)c1C(=N)c1ccccc1. The lowest BCUT2D eigenvalue weighted by Crippen LogP contribution is -2.13. The third-order valence-corrected chi connectivity index (χ3v) is 2.53. The summed E-state index contributed by atoms with van der Waals surface area (Å²) in [6, 6.07) is 9.41. The van der Waals surface area contributed by atoms with Gasteiger partial charge in [-0.1, -0.05) is 30.3 Å². The fourth-order valence-corrected chi connectivity index (χ4v) is 1.70. The standard InChI is InChI=1S/C13H15N5/c1-2-16-13-10(12(15)17-8-18-13)11(14)9-6-4-3-5-7-9/h3-8,14H,2H2,1H3,(H3,15,16,17,18). The van der Waals surface area contributed by atoms with Gasteiger partial charge in [-0.15, -0.1) is 0 Å². The first-order valence-corrected chi connectivity index (χ1v) is 5.72. The van der Waals surface area contributed by atoms with Crippen LogP contribution in [0.4, 0.5) is 11.6 Å². The van der Waals surface area contributed by atoms with Gasteiger partial charge in [-0.2, -0.15) is 0 Å². The van der Waals surface area contributed by atoms with Crippen molar-refractivity contribution in [1.29, 1.82) is 5.41 Å². The quantitative estimate of drug-likeness (QED) is 0.713. The first kappa shape index (κ1) is 12.0. The third-order valence-electron chi connectivity index (χ3n) is 2.53. The zero-order chi connectivity index (χ0) is 13.0. The Morgan fingerprint density at radius 2 is 2.00 bits per heavy atom. The van der Waals surface area contributed by atoms with Gasteiger partial charge in [0.25, 0.3) is 0 Å². The molecule has 0 atom stereocenters. The highest BCUT2D eigenvalue weighted by molar-refractivity contribution is 6.16. The van der Waals surface area contributed by atoms with Gasteiger partial charge in [-0.3, -0.25) is 5.41 Å². The highest BCUT2D eigenvalue weighted by atomic mass is 15.0. The monoisotopic (exact) mass is 241 g/mol. The minimum Gasteiger partial charge on any atom is -0.383 e. The number of rotatable bonds is 4. The highest BCUT2D eigenvalue weighted by Crippen LogP contribution is 2.21. The molecule has 92 valence electrons. The van der Waals surface area contributed by atoms with E-state index >= 15 is 0 Å². The van der Waals surface area contributed by atoms with Gasteiger partial charge in [-0.25, -0.2) is 9.97 Å². The molecule has 2 rings (SSSR count). The van der Waals surface area contributed by atoms with E-state index in [1.54, 1.807) is 0 Å². The Kier molecular flexibility index (Phi) is 3.52. The van der Waals surface area contributed by atoms with Crippen LogP contribution in [-0.2, 0) is 0 Å². The van der Waals surface area contributed by atoms with E-state index in [2.05, 4.69) is 15.3 Å². The number of hydrogen-bond acceptors (Lipinski definition) is 5. The second kappa shape index (κ2) is 5.27. The van der Waals surface area contributed by atoms with Gasteiger partial charge in [0.05, 0.1) is 11.3 Å². The molecule has 5 nitrogen and oxygen atoms in total. The van der Waals surface area contributed by atoms with E-state index in [4.69, 9.17) is 11.1 Å². The Labute approximate surface area is 106 Å². The van der Waals surface area contributed by atoms with Crippen LogP contribution in [0.1, 0.15) is 18.1 Å². The molecule has 1 aromatic carbocycles. The molecule has 0 spiro atoms. The Hall–Kier alpha value is -2.43. The number of benzene rings is 1. The van der Waals surface area contributed by atoms with Crippen LogP contribution >= 0.6 is 0 Å². The van der Waals surface area contributed by atoms with Crippen molar-refractivity contribution in [3.63, 3.8) is 0 Å². The van der Waals surface area contributed by atoms with Crippen molar-refractivity contribution in [3.8, 4) is 0 Å². The Balaban J connectivity index is 2.47. The van der Waals surface area contributed by atoms with Crippen molar-refractivity contribution in [1.82, 2.24) is 9.97 Å². The topological polar surface area (TPSA) is 87.7 Å². The number of hydrogen-bond donors (Lipinski definition) is 3. The molecule has 4 N–H and O–H groups in total. The first-order valence-electron chi connectivity index (χ1n) is 5.72. The maximum absolute atomic E-state index is 8.23. The van der Waals surface area contributed by atoms with Crippen LogP contribution in [0, 0.1) is 5.41 Å². The lowest BCUT2D eigenvalue weighted by molar-refractivity contribution is 1.11. The fraction of sp³-hybridized carbons (Fsp3) is 0.154. The van der Waals surface area contributed by atoms with E-state index in [-0.39, 0.29) is 0 Å². The van der Waals surface area contributed by atoms with Crippen LogP contribution in [0.25, 0.3) is 0 Å². The molecular formula is C13H15N5. The summed E-state index contributed by atoms with van der Waals surface area (Å²) in [6.07, 6.45) is 1.40. The van der Waals surface area contributed by atoms with Crippen molar-refractivity contribution < 1.29 is 0 Å². The minimum absolute atomic E-state index is 0.315. The van der Waals surface area contributed by atoms with Crippen molar-refractivity contribution >= 4 is 17.3 Å². The van der Waals surface area contributed by atoms with Crippen molar-refractivity contribution in [2.75, 3.05) is 17.6 Å². The molecule has 1 heterocycles. The summed E-state index contributed by atoms with van der Waals surface area (Å²) in [5.74, 6) is 0.911. The summed E-state index contributed by atoms with van der Waals surface area (Å²) in [7, 11) is 0. The fourth-order valence-electron chi connectivity index (χ4n) is 1.70. The number of nitrogens with zero attached hydrogens (tertiary/aromatic N) is 2. The zero-order valence-electron chi connectivity index (χ0n) is 10.1. The van der Waals surface area contributed by atoms with Gasteiger partial charge in [0, 0.05) is 12.1 Å². The molecule has 0 fully saturated rings. The van der Waals surface area contributed by atoms with Crippen LogP contribution in [0.5, 0.6) is 0 Å². The molecule has 0 aliphatic rings. The average molecular weight is 241 g/mol. The molecule has 2 aromatic rings. The summed E-state index contributed by atoms with van der Waals surface area (Å²) in [5.41, 5.74) is 7.52. The highest BCUT2D eigenvalue weighted by Gasteiger charge is 2.15. The summed E-state index contributed by atoms with van der Waals surface area (Å²) < 4.78 is 0. The van der Waals surface area contributed by atoms with Crippen LogP contribution in [0.3, 0.4) is 0 Å². The molecule has 0 aliphatic carbocycles. The van der Waals surface area contributed by atoms with Crippen LogP contribution in [-0.4, -0.2) is 22.2 Å². The molecule has 5 heteroatoms. The summed E-state index contributed by atoms with van der Waals surface area (Å²) >= 11 is 0. The number of nitrogens with one attached hydrogen (secondary N) is 2. The Bertz CT molecular complexity index is 551. The zero-order valence-corrected chi connectivity index (χ0v) is 10.1. The average Bonchev–Trinajstić information content (AvgIpc) is 2.40. The van der Waals surface area contributed by atoms with Crippen LogP contribution in [0.2, 0.25) is 0 Å². The third kappa shape index (κ3) is 2.29. The molecule has 0 radical (unpaired) electrons. The van der Waals surface area contributed by atoms with E-state index in [0.717, 1.165) is 5.56 Å². The molecule has 0 saturated heterocycles. The lowest BCUT2D eigenvalue weighted by atomic mass is 10.0. The number of nitrogen functional groups attached to an aromatic ring is 1. The van der Waals surface area contributed by atoms with Gasteiger partial charge < -0.3 is 11.1 Å². The number of anilines is 2. The Morgan fingerprint density at radius 1 is 1.28 bits per heavy atom. The lowest BCUT2D eigenvalue weighted by Gasteiger charge is -2.12. The smallest absolute Gasteiger partial charge is 0.141 e. The van der Waals surface area contributed by atoms with E-state index in [1.165, 1.54) is 6.33 Å². The molecule has 0 saturated carbocycles. The van der Waals surface area contributed by atoms with Crippen LogP contribution < -0.4 is 11.1 Å². The van der Waals surface area contributed by atoms with E-state index in [9.17, 15) is 0 Å². The van der Waals surface area contributed by atoms with Crippen molar-refractivity contribution in [2.45, 2.75) is 6.92 Å². The van der Waals surface area contributed by atoms with E-state index in [1.807, 2.05) is 37.3 Å². The van der Waals surface area contributed by atoms with Gasteiger partial charge in [0.15, 0.2) is 0 Å². The van der Waals surface area contributed by atoms with E-state index < -0.39 is 0 Å². The summed E-state index contributed by atoms with van der Waals surface area (Å²) in [6.45, 7) is 2.68. The van der Waals surface area contributed by atoms with E-state index in [0.29, 0.717) is 29.5 Å². The predicted molar refractivity (Wildman–Crippen MR) is 73.0 cm³/mol. The first-order chi connectivity index (χ1) is 8.74. The van der Waals surface area contributed by atoms with Gasteiger partial charge in [-0.05, 0) is 6.92 Å². The molecule has 0 bridgehead atoms. The molecule has 0 unspecified atom stereocenters. The molecule has 1 aromatic heterocycles. The predicted octanol–water partition coefficient (Wildman–Crippen LogP) is 1.91. The maximum Gasteiger partial charge on any atom is 0.141 e. The Morgan fingerprint density at radius 3 is 2.67 bits per heavy atom. The molecule has 0 aliphatic heterocycles. The summed E-state index contributed by atoms with van der Waals surface area (Å²) in [5, 5.41) is 11.3. The normalized spacial score (nSPS) is 10.1. The number of nitrogens with two attached hydrogens (primary N) is 1. The van der Waals surface area contributed by atoms with Crippen LogP contribution in [0.15, 0.2) is 36.7 Å². The molecule has 0 amide bonds. The molecular weight excluding hydrogens is 226 g/mol. The maximum atomic E-state index is 8.23. The minimum atomic E-state index is 0.315. The van der Waals surface area contributed by atoms with Crippen molar-refractivity contribution in [2.24, 2.45) is 0 Å². The van der Waals surface area contributed by atoms with Gasteiger partial charge in [0.2, 0.25) is 0 Å². The molecule has 18 heavy (non-hydrogen) atoms. The van der Waals surface area contributed by atoms with Crippen molar-refractivity contribution in [3.05, 3.63) is 47.8 Å². The van der Waals surface area contributed by atoms with Gasteiger partial charge >= 0.3 is 0 Å². The van der Waals surface area contributed by atoms with Gasteiger partial charge in [0.1, 0.15) is 18.0 Å².